The maximum Gasteiger partial charge on any atom is 0.336 e. The molecule has 3 aromatic carbocycles. The number of aliphatic imine (C=N–C) groups is 1. The van der Waals surface area contributed by atoms with Gasteiger partial charge in [0.25, 0.3) is 5.91 Å². The highest BCUT2D eigenvalue weighted by atomic mass is 79.9. The van der Waals surface area contributed by atoms with Crippen molar-refractivity contribution in [2.75, 3.05) is 7.05 Å². The topological polar surface area (TPSA) is 79.2 Å². The standard InChI is InChI=1S/C27H22Br2N2O4S/c1-15-6-4-7-17(10-15)14-35-24-20(28)11-18(12-21(24)29)13-23-25(32)31(3)27(36-23)30-22-9-5-8-19(16(22)2)26(33)34/h4-13H,14H2,1-3H3,(H,33,34)/b23-13-,30-27?. The zero-order valence-corrected chi connectivity index (χ0v) is 23.7. The Balaban J connectivity index is 1.57. The highest BCUT2D eigenvalue weighted by Gasteiger charge is 2.30. The third-order valence-corrected chi connectivity index (χ3v) is 7.78. The number of rotatable bonds is 6. The van der Waals surface area contributed by atoms with Gasteiger partial charge in [0.1, 0.15) is 12.4 Å². The highest BCUT2D eigenvalue weighted by molar-refractivity contribution is 9.11. The molecular weight excluding hydrogens is 608 g/mol. The first-order chi connectivity index (χ1) is 17.1. The first-order valence-electron chi connectivity index (χ1n) is 10.9. The van der Waals surface area contributed by atoms with Crippen LogP contribution in [-0.2, 0) is 11.4 Å². The number of hydrogen-bond acceptors (Lipinski definition) is 5. The number of carboxylic acid groups (broad SMARTS) is 1. The monoisotopic (exact) mass is 628 g/mol. The predicted octanol–water partition coefficient (Wildman–Crippen LogP) is 7.34. The molecule has 0 saturated carbocycles. The van der Waals surface area contributed by atoms with Crippen molar-refractivity contribution in [2.24, 2.45) is 4.99 Å². The maximum absolute atomic E-state index is 12.9. The summed E-state index contributed by atoms with van der Waals surface area (Å²) in [5, 5.41) is 9.85. The summed E-state index contributed by atoms with van der Waals surface area (Å²) in [6.45, 7) is 4.18. The van der Waals surface area contributed by atoms with E-state index >= 15 is 0 Å². The third kappa shape index (κ3) is 5.74. The van der Waals surface area contributed by atoms with E-state index in [4.69, 9.17) is 4.74 Å². The van der Waals surface area contributed by atoms with Crippen LogP contribution in [-0.4, -0.2) is 34.1 Å². The van der Waals surface area contributed by atoms with Gasteiger partial charge in [0, 0.05) is 7.05 Å². The number of thioether (sulfide) groups is 1. The molecular formula is C27H22Br2N2O4S. The SMILES string of the molecule is Cc1cccc(COc2c(Br)cc(/C=C3\SC(=Nc4cccc(C(=O)O)c4C)N(C)C3=O)cc2Br)c1. The van der Waals surface area contributed by atoms with Gasteiger partial charge in [-0.15, -0.1) is 0 Å². The molecule has 9 heteroatoms. The summed E-state index contributed by atoms with van der Waals surface area (Å²) in [6, 6.07) is 16.9. The number of aromatic carboxylic acids is 1. The van der Waals surface area contributed by atoms with Crippen molar-refractivity contribution >= 4 is 72.4 Å². The summed E-state index contributed by atoms with van der Waals surface area (Å²) in [4.78, 5) is 30.9. The molecule has 1 aliphatic heterocycles. The van der Waals surface area contributed by atoms with Gasteiger partial charge < -0.3 is 9.84 Å². The second-order valence-corrected chi connectivity index (χ2v) is 10.9. The Bertz CT molecular complexity index is 1410. The molecule has 0 spiro atoms. The third-order valence-electron chi connectivity index (χ3n) is 5.54. The number of amides is 1. The van der Waals surface area contributed by atoms with E-state index in [9.17, 15) is 14.7 Å². The number of nitrogens with zero attached hydrogens (tertiary/aromatic N) is 2. The molecule has 36 heavy (non-hydrogen) atoms. The van der Waals surface area contributed by atoms with Crippen molar-refractivity contribution < 1.29 is 19.4 Å². The van der Waals surface area contributed by atoms with Gasteiger partial charge in [-0.2, -0.15) is 0 Å². The maximum atomic E-state index is 12.9. The minimum Gasteiger partial charge on any atom is -0.487 e. The molecule has 1 aliphatic rings. The molecule has 0 aromatic heterocycles. The normalized spacial score (nSPS) is 15.7. The average Bonchev–Trinajstić information content (AvgIpc) is 3.07. The van der Waals surface area contributed by atoms with Crippen molar-refractivity contribution in [2.45, 2.75) is 20.5 Å². The number of likely N-dealkylation sites (N-methyl/N-ethyl adjacent to an activating group) is 1. The molecule has 1 fully saturated rings. The largest absolute Gasteiger partial charge is 0.487 e. The van der Waals surface area contributed by atoms with E-state index in [1.165, 1.54) is 28.3 Å². The molecule has 184 valence electrons. The minimum atomic E-state index is -1.01. The zero-order chi connectivity index (χ0) is 26.0. The summed E-state index contributed by atoms with van der Waals surface area (Å²) in [5.74, 6) is -0.517. The van der Waals surface area contributed by atoms with E-state index in [0.29, 0.717) is 33.7 Å². The van der Waals surface area contributed by atoms with Crippen LogP contribution in [0.1, 0.15) is 32.6 Å². The van der Waals surface area contributed by atoms with Crippen LogP contribution in [0.4, 0.5) is 5.69 Å². The van der Waals surface area contributed by atoms with E-state index in [-0.39, 0.29) is 11.5 Å². The molecule has 6 nitrogen and oxygen atoms in total. The van der Waals surface area contributed by atoms with Crippen molar-refractivity contribution in [1.29, 1.82) is 0 Å². The number of hydrogen-bond donors (Lipinski definition) is 1. The summed E-state index contributed by atoms with van der Waals surface area (Å²) >= 11 is 8.42. The number of ether oxygens (including phenoxy) is 1. The average molecular weight is 630 g/mol. The van der Waals surface area contributed by atoms with Crippen LogP contribution < -0.4 is 4.74 Å². The van der Waals surface area contributed by atoms with Crippen LogP contribution in [0.5, 0.6) is 5.75 Å². The Morgan fingerprint density at radius 1 is 1.11 bits per heavy atom. The fraction of sp³-hybridized carbons (Fsp3) is 0.148. The van der Waals surface area contributed by atoms with Crippen LogP contribution in [0, 0.1) is 13.8 Å². The molecule has 1 N–H and O–H groups in total. The Morgan fingerprint density at radius 2 is 1.81 bits per heavy atom. The molecule has 0 atom stereocenters. The number of amidine groups is 1. The first-order valence-corrected chi connectivity index (χ1v) is 13.3. The number of carboxylic acids is 1. The first kappa shape index (κ1) is 26.2. The zero-order valence-electron chi connectivity index (χ0n) is 19.7. The van der Waals surface area contributed by atoms with Crippen molar-refractivity contribution in [3.05, 3.63) is 96.3 Å². The van der Waals surface area contributed by atoms with Crippen molar-refractivity contribution in [3.63, 3.8) is 0 Å². The van der Waals surface area contributed by atoms with Crippen LogP contribution in [0.25, 0.3) is 6.08 Å². The molecule has 0 radical (unpaired) electrons. The van der Waals surface area contributed by atoms with E-state index in [0.717, 1.165) is 20.1 Å². The minimum absolute atomic E-state index is 0.183. The number of carbonyl (C=O) groups excluding carboxylic acids is 1. The molecule has 4 rings (SSSR count). The van der Waals surface area contributed by atoms with E-state index in [1.54, 1.807) is 32.2 Å². The number of carbonyl (C=O) groups is 2. The van der Waals surface area contributed by atoms with Gasteiger partial charge in [0.2, 0.25) is 0 Å². The molecule has 0 bridgehead atoms. The van der Waals surface area contributed by atoms with Gasteiger partial charge in [-0.05, 0) is 105 Å². The van der Waals surface area contributed by atoms with Gasteiger partial charge in [-0.3, -0.25) is 9.69 Å². The summed E-state index contributed by atoms with van der Waals surface area (Å²) in [7, 11) is 1.65. The summed E-state index contributed by atoms with van der Waals surface area (Å²) < 4.78 is 7.56. The Kier molecular flexibility index (Phi) is 8.02. The van der Waals surface area contributed by atoms with Gasteiger partial charge in [-0.25, -0.2) is 9.79 Å². The van der Waals surface area contributed by atoms with Gasteiger partial charge in [-0.1, -0.05) is 35.9 Å². The van der Waals surface area contributed by atoms with E-state index in [2.05, 4.69) is 42.9 Å². The lowest BCUT2D eigenvalue weighted by Gasteiger charge is -2.12. The molecule has 0 unspecified atom stereocenters. The Morgan fingerprint density at radius 3 is 2.47 bits per heavy atom. The quantitative estimate of drug-likeness (QED) is 0.289. The van der Waals surface area contributed by atoms with Gasteiger partial charge in [0.05, 0.1) is 25.1 Å². The lowest BCUT2D eigenvalue weighted by atomic mass is 10.1. The van der Waals surface area contributed by atoms with Crippen LogP contribution in [0.2, 0.25) is 0 Å². The number of benzene rings is 3. The second-order valence-electron chi connectivity index (χ2n) is 8.22. The molecule has 3 aromatic rings. The second kappa shape index (κ2) is 11.0. The van der Waals surface area contributed by atoms with Crippen molar-refractivity contribution in [1.82, 2.24) is 4.90 Å². The van der Waals surface area contributed by atoms with E-state index < -0.39 is 5.97 Å². The number of halogens is 2. The van der Waals surface area contributed by atoms with Crippen LogP contribution in [0.3, 0.4) is 0 Å². The highest BCUT2D eigenvalue weighted by Crippen LogP contribution is 2.38. The van der Waals surface area contributed by atoms with Crippen LogP contribution in [0.15, 0.2) is 73.4 Å². The van der Waals surface area contributed by atoms with Crippen molar-refractivity contribution in [3.8, 4) is 5.75 Å². The Hall–Kier alpha value is -2.88. The van der Waals surface area contributed by atoms with Gasteiger partial charge in [0.15, 0.2) is 5.17 Å². The number of aryl methyl sites for hydroxylation is 1. The molecule has 1 amide bonds. The molecule has 0 aliphatic carbocycles. The Labute approximate surface area is 230 Å². The van der Waals surface area contributed by atoms with E-state index in [1.807, 2.05) is 37.3 Å². The lowest BCUT2D eigenvalue weighted by Crippen LogP contribution is -2.23. The van der Waals surface area contributed by atoms with Crippen LogP contribution >= 0.6 is 43.6 Å². The molecule has 1 saturated heterocycles. The fourth-order valence-electron chi connectivity index (χ4n) is 3.64. The summed E-state index contributed by atoms with van der Waals surface area (Å²) in [5.41, 5.74) is 4.30. The predicted molar refractivity (Wildman–Crippen MR) is 151 cm³/mol. The molecule has 1 heterocycles. The smallest absolute Gasteiger partial charge is 0.336 e. The lowest BCUT2D eigenvalue weighted by molar-refractivity contribution is -0.121. The van der Waals surface area contributed by atoms with Gasteiger partial charge >= 0.3 is 5.97 Å². The summed E-state index contributed by atoms with van der Waals surface area (Å²) in [6.07, 6.45) is 1.80. The fourth-order valence-corrected chi connectivity index (χ4v) is 6.07.